The number of methoxy groups -OCH3 is 1. The third-order valence-corrected chi connectivity index (χ3v) is 5.06. The maximum Gasteiger partial charge on any atom is 0.230 e. The Morgan fingerprint density at radius 1 is 1.46 bits per heavy atom. The number of amides is 2. The summed E-state index contributed by atoms with van der Waals surface area (Å²) in [7, 11) is 1.62. The van der Waals surface area contributed by atoms with Crippen molar-refractivity contribution in [2.24, 2.45) is 11.7 Å². The molecule has 1 saturated heterocycles. The molecule has 3 N–H and O–H groups in total. The smallest absolute Gasteiger partial charge is 0.230 e. The standard InChI is InChI=1S/C17H25N3O3S/c1-23-14-5-2-6-15(10-14)24-12-16(21)19-7-9-20-8-3-4-13(11-20)17(18)22/h2,5-6,10,13H,3-4,7-9,11-12H2,1H3,(H2,18,22)(H,19,21)/t13-/m1/s1. The summed E-state index contributed by atoms with van der Waals surface area (Å²) in [6.07, 6.45) is 1.85. The molecule has 2 rings (SSSR count). The summed E-state index contributed by atoms with van der Waals surface area (Å²) in [6, 6.07) is 7.65. The van der Waals surface area contributed by atoms with Crippen molar-refractivity contribution in [2.75, 3.05) is 39.0 Å². The minimum atomic E-state index is -0.224. The third-order valence-electron chi connectivity index (χ3n) is 4.07. The maximum absolute atomic E-state index is 11.9. The fraction of sp³-hybridized carbons (Fsp3) is 0.529. The predicted octanol–water partition coefficient (Wildman–Crippen LogP) is 1.10. The Labute approximate surface area is 147 Å². The molecule has 2 amide bonds. The van der Waals surface area contributed by atoms with Crippen LogP contribution in [0.1, 0.15) is 12.8 Å². The molecule has 6 nitrogen and oxygen atoms in total. The Hall–Kier alpha value is -1.73. The summed E-state index contributed by atoms with van der Waals surface area (Å²) in [4.78, 5) is 26.4. The number of benzene rings is 1. The Morgan fingerprint density at radius 3 is 3.04 bits per heavy atom. The number of carbonyl (C=O) groups is 2. The average Bonchev–Trinajstić information content (AvgIpc) is 2.60. The number of thioether (sulfide) groups is 1. The lowest BCUT2D eigenvalue weighted by atomic mass is 9.97. The van der Waals surface area contributed by atoms with E-state index in [9.17, 15) is 9.59 Å². The second-order valence-corrected chi connectivity index (χ2v) is 6.91. The van der Waals surface area contributed by atoms with E-state index in [-0.39, 0.29) is 17.7 Å². The van der Waals surface area contributed by atoms with Crippen LogP contribution in [0.25, 0.3) is 0 Å². The van der Waals surface area contributed by atoms with Gasteiger partial charge in [0.05, 0.1) is 18.8 Å². The molecular formula is C17H25N3O3S. The van der Waals surface area contributed by atoms with Crippen molar-refractivity contribution in [2.45, 2.75) is 17.7 Å². The Kier molecular flexibility index (Phi) is 7.39. The quantitative estimate of drug-likeness (QED) is 0.685. The van der Waals surface area contributed by atoms with E-state index in [1.165, 1.54) is 11.8 Å². The van der Waals surface area contributed by atoms with Gasteiger partial charge in [-0.25, -0.2) is 0 Å². The van der Waals surface area contributed by atoms with Crippen molar-refractivity contribution in [3.8, 4) is 5.75 Å². The second kappa shape index (κ2) is 9.54. The summed E-state index contributed by atoms with van der Waals surface area (Å²) in [5.74, 6) is 0.883. The number of rotatable bonds is 8. The highest BCUT2D eigenvalue weighted by Gasteiger charge is 2.23. The largest absolute Gasteiger partial charge is 0.497 e. The summed E-state index contributed by atoms with van der Waals surface area (Å²) in [5, 5.41) is 2.92. The number of piperidine rings is 1. The maximum atomic E-state index is 11.9. The van der Waals surface area contributed by atoms with Crippen molar-refractivity contribution in [1.82, 2.24) is 10.2 Å². The normalized spacial score (nSPS) is 18.1. The van der Waals surface area contributed by atoms with Gasteiger partial charge in [-0.15, -0.1) is 11.8 Å². The Bertz CT molecular complexity index is 568. The van der Waals surface area contributed by atoms with Crippen LogP contribution in [0.2, 0.25) is 0 Å². The lowest BCUT2D eigenvalue weighted by Gasteiger charge is -2.31. The molecular weight excluding hydrogens is 326 g/mol. The molecule has 1 aromatic rings. The molecule has 0 radical (unpaired) electrons. The fourth-order valence-electron chi connectivity index (χ4n) is 2.74. The minimum absolute atomic E-state index is 0.00582. The van der Waals surface area contributed by atoms with E-state index < -0.39 is 0 Å². The van der Waals surface area contributed by atoms with Gasteiger partial charge in [-0.1, -0.05) is 6.07 Å². The molecule has 1 aliphatic rings. The lowest BCUT2D eigenvalue weighted by Crippen LogP contribution is -2.44. The summed E-state index contributed by atoms with van der Waals surface area (Å²) in [5.41, 5.74) is 5.37. The zero-order valence-corrected chi connectivity index (χ0v) is 14.8. The van der Waals surface area contributed by atoms with Crippen LogP contribution < -0.4 is 15.8 Å². The molecule has 1 heterocycles. The third kappa shape index (κ3) is 6.05. The Balaban J connectivity index is 1.65. The van der Waals surface area contributed by atoms with Crippen LogP contribution >= 0.6 is 11.8 Å². The topological polar surface area (TPSA) is 84.7 Å². The predicted molar refractivity (Wildman–Crippen MR) is 95.1 cm³/mol. The number of carbonyl (C=O) groups excluding carboxylic acids is 2. The lowest BCUT2D eigenvalue weighted by molar-refractivity contribution is -0.123. The van der Waals surface area contributed by atoms with Crippen molar-refractivity contribution < 1.29 is 14.3 Å². The first-order chi connectivity index (χ1) is 11.6. The van der Waals surface area contributed by atoms with Crippen LogP contribution in [-0.2, 0) is 9.59 Å². The highest BCUT2D eigenvalue weighted by atomic mass is 32.2. The van der Waals surface area contributed by atoms with Gasteiger partial charge in [0, 0.05) is 24.5 Å². The van der Waals surface area contributed by atoms with E-state index in [0.29, 0.717) is 18.8 Å². The van der Waals surface area contributed by atoms with Crippen molar-refractivity contribution in [3.63, 3.8) is 0 Å². The number of nitrogens with zero attached hydrogens (tertiary/aromatic N) is 1. The minimum Gasteiger partial charge on any atom is -0.497 e. The molecule has 0 aliphatic carbocycles. The number of ether oxygens (including phenoxy) is 1. The van der Waals surface area contributed by atoms with E-state index in [1.807, 2.05) is 24.3 Å². The number of hydrogen-bond acceptors (Lipinski definition) is 5. The van der Waals surface area contributed by atoms with Crippen LogP contribution in [0.4, 0.5) is 0 Å². The zero-order valence-electron chi connectivity index (χ0n) is 14.0. The van der Waals surface area contributed by atoms with Gasteiger partial charge in [0.1, 0.15) is 5.75 Å². The van der Waals surface area contributed by atoms with E-state index in [4.69, 9.17) is 10.5 Å². The molecule has 1 aliphatic heterocycles. The second-order valence-electron chi connectivity index (χ2n) is 5.86. The van der Waals surface area contributed by atoms with Crippen molar-refractivity contribution >= 4 is 23.6 Å². The molecule has 1 aromatic carbocycles. The molecule has 0 aromatic heterocycles. The first-order valence-corrected chi connectivity index (χ1v) is 9.12. The van der Waals surface area contributed by atoms with Gasteiger partial charge in [0.15, 0.2) is 0 Å². The molecule has 7 heteroatoms. The summed E-state index contributed by atoms with van der Waals surface area (Å²) in [6.45, 7) is 2.99. The van der Waals surface area contributed by atoms with Gasteiger partial charge in [0.25, 0.3) is 0 Å². The Morgan fingerprint density at radius 2 is 2.29 bits per heavy atom. The molecule has 1 fully saturated rings. The van der Waals surface area contributed by atoms with E-state index in [1.54, 1.807) is 7.11 Å². The SMILES string of the molecule is COc1cccc(SCC(=O)NCCN2CCC[C@@H](C(N)=O)C2)c1. The molecule has 1 atom stereocenters. The molecule has 132 valence electrons. The van der Waals surface area contributed by atoms with Crippen molar-refractivity contribution in [3.05, 3.63) is 24.3 Å². The molecule has 0 saturated carbocycles. The van der Waals surface area contributed by atoms with Gasteiger partial charge in [-0.3, -0.25) is 9.59 Å². The van der Waals surface area contributed by atoms with Crippen LogP contribution in [0.15, 0.2) is 29.2 Å². The van der Waals surface area contributed by atoms with Gasteiger partial charge >= 0.3 is 0 Å². The van der Waals surface area contributed by atoms with Crippen molar-refractivity contribution in [1.29, 1.82) is 0 Å². The monoisotopic (exact) mass is 351 g/mol. The van der Waals surface area contributed by atoms with E-state index in [0.717, 1.165) is 36.6 Å². The number of nitrogens with two attached hydrogens (primary N) is 1. The highest BCUT2D eigenvalue weighted by Crippen LogP contribution is 2.22. The average molecular weight is 351 g/mol. The van der Waals surface area contributed by atoms with Gasteiger partial charge < -0.3 is 20.7 Å². The van der Waals surface area contributed by atoms with Gasteiger partial charge in [0.2, 0.25) is 11.8 Å². The summed E-state index contributed by atoms with van der Waals surface area (Å²) < 4.78 is 5.17. The number of nitrogens with one attached hydrogen (secondary N) is 1. The number of primary amides is 1. The molecule has 24 heavy (non-hydrogen) atoms. The van der Waals surface area contributed by atoms with Crippen LogP contribution in [0.3, 0.4) is 0 Å². The van der Waals surface area contributed by atoms with Crippen LogP contribution in [-0.4, -0.2) is 55.8 Å². The fourth-order valence-corrected chi connectivity index (χ4v) is 3.51. The molecule has 0 unspecified atom stereocenters. The van der Waals surface area contributed by atoms with Crippen LogP contribution in [0, 0.1) is 5.92 Å². The first-order valence-electron chi connectivity index (χ1n) is 8.13. The van der Waals surface area contributed by atoms with E-state index >= 15 is 0 Å². The van der Waals surface area contributed by atoms with Crippen LogP contribution in [0.5, 0.6) is 5.75 Å². The number of hydrogen-bond donors (Lipinski definition) is 2. The molecule has 0 spiro atoms. The molecule has 0 bridgehead atoms. The zero-order chi connectivity index (χ0) is 17.4. The first kappa shape index (κ1) is 18.6. The van der Waals surface area contributed by atoms with Gasteiger partial charge in [-0.2, -0.15) is 0 Å². The van der Waals surface area contributed by atoms with E-state index in [2.05, 4.69) is 10.2 Å². The highest BCUT2D eigenvalue weighted by molar-refractivity contribution is 8.00. The number of likely N-dealkylation sites (tertiary alicyclic amines) is 1. The van der Waals surface area contributed by atoms with Gasteiger partial charge in [-0.05, 0) is 37.6 Å². The summed E-state index contributed by atoms with van der Waals surface area (Å²) >= 11 is 1.48.